The van der Waals surface area contributed by atoms with Gasteiger partial charge in [-0.3, -0.25) is 48.1 Å². The first-order valence-corrected chi connectivity index (χ1v) is 35.5. The maximum atomic E-state index is 14.9. The van der Waals surface area contributed by atoms with Crippen LogP contribution in [0.15, 0.2) is 54.6 Å². The number of imide groups is 1. The Bertz CT molecular complexity index is 3040. The van der Waals surface area contributed by atoms with Gasteiger partial charge in [-0.05, 0) is 85.5 Å². The van der Waals surface area contributed by atoms with E-state index in [1.807, 2.05) is 27.7 Å². The van der Waals surface area contributed by atoms with Crippen molar-refractivity contribution in [3.63, 3.8) is 0 Å². The number of carbonyl (C=O) groups is 11. The number of hydrogen-bond donors (Lipinski definition) is 4. The van der Waals surface area contributed by atoms with Crippen LogP contribution in [0.1, 0.15) is 164 Å². The molecule has 5 N–H and O–H groups in total. The molecule has 2 aliphatic rings. The first-order chi connectivity index (χ1) is 44.8. The number of likely N-dealkylation sites (tertiary alicyclic amines) is 2. The molecule has 2 aromatic carbocycles. The van der Waals surface area contributed by atoms with Gasteiger partial charge in [0, 0.05) is 103 Å². The van der Waals surface area contributed by atoms with E-state index in [1.54, 1.807) is 113 Å². The van der Waals surface area contributed by atoms with E-state index in [4.69, 9.17) is 19.9 Å². The van der Waals surface area contributed by atoms with Crippen molar-refractivity contribution < 1.29 is 75.4 Å². The van der Waals surface area contributed by atoms with E-state index in [2.05, 4.69) is 16.0 Å². The van der Waals surface area contributed by atoms with Gasteiger partial charge in [0.1, 0.15) is 12.4 Å². The Kier molecular flexibility index (Phi) is 32.6. The molecule has 2 heterocycles. The quantitative estimate of drug-likeness (QED) is 0.0366. The molecule has 4 rings (SSSR count). The van der Waals surface area contributed by atoms with Gasteiger partial charge in [0.05, 0.1) is 48.5 Å². The largest absolute Gasteiger partial charge is 0.445 e. The molecule has 11 atom stereocenters. The third-order valence-corrected chi connectivity index (χ3v) is 20.2. The topological polar surface area (TPSA) is 325 Å². The molecule has 0 radical (unpaired) electrons. The van der Waals surface area contributed by atoms with Crippen molar-refractivity contribution in [2.45, 2.75) is 201 Å². The van der Waals surface area contributed by atoms with Crippen LogP contribution < -0.4 is 21.7 Å². The van der Waals surface area contributed by atoms with Crippen LogP contribution in [0.3, 0.4) is 0 Å². The number of unbranched alkanes of at least 4 members (excludes halogenated alkanes) is 2. The average Bonchev–Trinajstić information content (AvgIpc) is 1.79. The standard InChI is InChI=1S/C70H108N8O16S/c1-15-46(8)64(58(92-13)39-61(84)77-35-23-27-54(77)65(93-14)48(10)57(81)42-95(90,91)41-50-24-18-16-19-25-50)75(11)68(87)53(43(2)3)38-56(80)63(45(6)7)76(12)70(89)94-40-49-29-31-52(32-30-49)73-66(85)51(26-22-33-72-69(71)88)37-55(79)62(44(4)5)74-59(82)28-20-17-21-34-78-60(83)36-47(9)67(78)86/h16,18-19,24-25,29-32,43-48,51,53-54,58,62-65H,15,17,20-23,26-28,33-42H2,1-14H3,(H,73,85)(H,74,82)(H3,71,72,88)/t46-,47?,48-,51+,53-,54-,58+,62-,63-,64-,65+/m0/s1. The Balaban J connectivity index is 1.37. The van der Waals surface area contributed by atoms with Gasteiger partial charge in [-0.15, -0.1) is 0 Å². The molecule has 2 aromatic rings. The number of ether oxygens (including phenoxy) is 3. The van der Waals surface area contributed by atoms with Gasteiger partial charge >= 0.3 is 12.1 Å². The van der Waals surface area contributed by atoms with Crippen LogP contribution in [0.25, 0.3) is 0 Å². The van der Waals surface area contributed by atoms with Crippen LogP contribution in [0.4, 0.5) is 15.3 Å². The second kappa shape index (κ2) is 38.6. The van der Waals surface area contributed by atoms with Crippen LogP contribution in [-0.2, 0) is 79.6 Å². The molecule has 9 amide bonds. The lowest BCUT2D eigenvalue weighted by molar-refractivity contribution is -0.149. The van der Waals surface area contributed by atoms with Gasteiger partial charge in [0.15, 0.2) is 27.2 Å². The number of nitrogens with zero attached hydrogens (tertiary/aromatic N) is 4. The summed E-state index contributed by atoms with van der Waals surface area (Å²) in [7, 11) is 2.26. The van der Waals surface area contributed by atoms with E-state index in [9.17, 15) is 61.2 Å². The number of amides is 9. The monoisotopic (exact) mass is 1350 g/mol. The molecule has 0 saturated carbocycles. The molecule has 0 aromatic heterocycles. The molecule has 0 bridgehead atoms. The molecule has 95 heavy (non-hydrogen) atoms. The van der Waals surface area contributed by atoms with Crippen molar-refractivity contribution in [1.29, 1.82) is 0 Å². The van der Waals surface area contributed by atoms with Crippen molar-refractivity contribution in [2.24, 2.45) is 53.1 Å². The summed E-state index contributed by atoms with van der Waals surface area (Å²) in [5.74, 6) is -8.03. The molecule has 0 spiro atoms. The van der Waals surface area contributed by atoms with E-state index >= 15 is 0 Å². The minimum absolute atomic E-state index is 0.118. The zero-order valence-electron chi connectivity index (χ0n) is 58.5. The zero-order chi connectivity index (χ0) is 71.0. The molecule has 0 aliphatic carbocycles. The van der Waals surface area contributed by atoms with Crippen molar-refractivity contribution in [2.75, 3.05) is 59.0 Å². The molecular weight excluding hydrogens is 1240 g/mol. The van der Waals surface area contributed by atoms with Gasteiger partial charge < -0.3 is 50.6 Å². The number of methoxy groups -OCH3 is 2. The lowest BCUT2D eigenvalue weighted by Gasteiger charge is -2.41. The van der Waals surface area contributed by atoms with Gasteiger partial charge in [-0.1, -0.05) is 125 Å². The van der Waals surface area contributed by atoms with E-state index in [0.29, 0.717) is 74.8 Å². The molecule has 530 valence electrons. The Morgan fingerprint density at radius 3 is 1.99 bits per heavy atom. The maximum absolute atomic E-state index is 14.9. The minimum atomic E-state index is -3.80. The predicted molar refractivity (Wildman–Crippen MR) is 360 cm³/mol. The molecule has 2 aliphatic heterocycles. The van der Waals surface area contributed by atoms with Gasteiger partial charge in [0.2, 0.25) is 35.4 Å². The number of carbonyl (C=O) groups excluding carboxylic acids is 11. The summed E-state index contributed by atoms with van der Waals surface area (Å²) in [4.78, 5) is 154. The highest BCUT2D eigenvalue weighted by Crippen LogP contribution is 2.32. The third kappa shape index (κ3) is 24.2. The number of rotatable bonds is 41. The number of ketones is 3. The Morgan fingerprint density at radius 1 is 0.758 bits per heavy atom. The predicted octanol–water partition coefficient (Wildman–Crippen LogP) is 7.67. The highest BCUT2D eigenvalue weighted by atomic mass is 32.2. The van der Waals surface area contributed by atoms with Crippen LogP contribution in [0.2, 0.25) is 0 Å². The molecule has 2 fully saturated rings. The van der Waals surface area contributed by atoms with Gasteiger partial charge in [-0.25, -0.2) is 18.0 Å². The van der Waals surface area contributed by atoms with Crippen LogP contribution >= 0.6 is 0 Å². The summed E-state index contributed by atoms with van der Waals surface area (Å²) < 4.78 is 44.0. The summed E-state index contributed by atoms with van der Waals surface area (Å²) in [6.07, 6.45) is 1.34. The van der Waals surface area contributed by atoms with Crippen molar-refractivity contribution in [1.82, 2.24) is 30.2 Å². The molecule has 2 saturated heterocycles. The SMILES string of the molecule is CC[C@H](C)[C@@H]([C@@H](CC(=O)N1CCC[C@H]1[C@H](OC)[C@@H](C)C(=O)CS(=O)(=O)Cc1ccccc1)OC)N(C)C(=O)[C@@H](CC(=O)[C@H](C(C)C)N(C)C(=O)OCc1ccc(NC(=O)[C@H](CCCNC(N)=O)CC(=O)[C@@H](NC(=O)CCCCCN2C(=O)CC(C)C2=O)C(C)C)cc1)C(C)C. The zero-order valence-corrected chi connectivity index (χ0v) is 59.3. The van der Waals surface area contributed by atoms with Crippen molar-refractivity contribution in [3.05, 3.63) is 65.7 Å². The fraction of sp³-hybridized carbons (Fsp3) is 0.671. The number of likely N-dealkylation sites (N-methyl/N-ethyl adjacent to an activating group) is 2. The lowest BCUT2D eigenvalue weighted by atomic mass is 9.83. The normalized spacial score (nSPS) is 17.9. The first kappa shape index (κ1) is 80.3. The summed E-state index contributed by atoms with van der Waals surface area (Å²) in [6, 6.07) is 11.4. The number of urea groups is 1. The van der Waals surface area contributed by atoms with Crippen molar-refractivity contribution in [3.8, 4) is 0 Å². The van der Waals surface area contributed by atoms with Crippen molar-refractivity contribution >= 4 is 80.4 Å². The highest BCUT2D eigenvalue weighted by Gasteiger charge is 2.44. The van der Waals surface area contributed by atoms with Crippen LogP contribution in [-0.4, -0.2) is 183 Å². The molecule has 24 nitrogen and oxygen atoms in total. The second-order valence-corrected chi connectivity index (χ2v) is 29.1. The average molecular weight is 1350 g/mol. The summed E-state index contributed by atoms with van der Waals surface area (Å²) in [5, 5.41) is 8.20. The van der Waals surface area contributed by atoms with Gasteiger partial charge in [0.25, 0.3) is 0 Å². The maximum Gasteiger partial charge on any atom is 0.410 e. The summed E-state index contributed by atoms with van der Waals surface area (Å²) in [6.45, 7) is 18.8. The number of hydrogen-bond acceptors (Lipinski definition) is 16. The fourth-order valence-electron chi connectivity index (χ4n) is 13.0. The first-order valence-electron chi connectivity index (χ1n) is 33.7. The fourth-order valence-corrected chi connectivity index (χ4v) is 14.5. The number of nitrogens with two attached hydrogens (primary N) is 1. The van der Waals surface area contributed by atoms with Crippen LogP contribution in [0, 0.1) is 47.3 Å². The summed E-state index contributed by atoms with van der Waals surface area (Å²) >= 11 is 0. The Labute approximate surface area is 562 Å². The van der Waals surface area contributed by atoms with E-state index in [0.717, 1.165) is 0 Å². The number of nitrogens with one attached hydrogen (secondary N) is 3. The summed E-state index contributed by atoms with van der Waals surface area (Å²) in [5.41, 5.74) is 6.77. The second-order valence-electron chi connectivity index (χ2n) is 27.0. The number of primary amides is 1. The number of Topliss-reactive ketones (excluding diaryl/α,β-unsaturated/α-hetero) is 3. The molecular formula is C70H108N8O16S. The number of sulfone groups is 1. The van der Waals surface area contributed by atoms with E-state index in [-0.39, 0.29) is 122 Å². The minimum Gasteiger partial charge on any atom is -0.445 e. The van der Waals surface area contributed by atoms with E-state index in [1.165, 1.54) is 31.1 Å². The smallest absolute Gasteiger partial charge is 0.410 e. The van der Waals surface area contributed by atoms with E-state index < -0.39 is 99.5 Å². The Morgan fingerprint density at radius 2 is 1.42 bits per heavy atom. The number of anilines is 1. The number of benzene rings is 2. The van der Waals surface area contributed by atoms with Crippen LogP contribution in [0.5, 0.6) is 0 Å². The molecule has 25 heteroatoms. The Hall–Kier alpha value is -7.12. The highest BCUT2D eigenvalue weighted by molar-refractivity contribution is 7.91. The lowest BCUT2D eigenvalue weighted by Crippen LogP contribution is -2.54. The molecule has 1 unspecified atom stereocenters. The third-order valence-electron chi connectivity index (χ3n) is 18.7. The van der Waals surface area contributed by atoms with Gasteiger partial charge in [-0.2, -0.15) is 0 Å².